The first-order chi connectivity index (χ1) is 9.08. The second-order valence-corrected chi connectivity index (χ2v) is 5.69. The Bertz CT molecular complexity index is 772. The third-order valence-electron chi connectivity index (χ3n) is 3.59. The van der Waals surface area contributed by atoms with E-state index in [1.165, 1.54) is 16.7 Å². The van der Waals surface area contributed by atoms with Crippen molar-refractivity contribution in [1.82, 2.24) is 9.38 Å². The number of aromatic nitrogens is 2. The number of halogens is 1. The molecule has 2 aromatic heterocycles. The first kappa shape index (κ1) is 12.4. The molecule has 0 N–H and O–H groups in total. The normalized spacial score (nSPS) is 11.2. The molecule has 3 rings (SSSR count). The van der Waals surface area contributed by atoms with Gasteiger partial charge in [-0.05, 0) is 65.5 Å². The highest BCUT2D eigenvalue weighted by Gasteiger charge is 2.12. The van der Waals surface area contributed by atoms with Gasteiger partial charge in [0.25, 0.3) is 0 Å². The van der Waals surface area contributed by atoms with Gasteiger partial charge in [-0.25, -0.2) is 4.98 Å². The van der Waals surface area contributed by atoms with Crippen molar-refractivity contribution in [2.75, 3.05) is 0 Å². The summed E-state index contributed by atoms with van der Waals surface area (Å²) in [5, 5.41) is 0. The minimum atomic E-state index is 0.902. The number of aryl methyl sites for hydroxylation is 3. The number of nitrogens with zero attached hydrogens (tertiary/aromatic N) is 2. The van der Waals surface area contributed by atoms with Crippen molar-refractivity contribution < 1.29 is 0 Å². The lowest BCUT2D eigenvalue weighted by molar-refractivity contribution is 1.15. The molecule has 0 spiro atoms. The van der Waals surface area contributed by atoms with Crippen LogP contribution in [-0.4, -0.2) is 9.38 Å². The number of rotatable bonds is 1. The maximum absolute atomic E-state index is 4.67. The van der Waals surface area contributed by atoms with Crippen LogP contribution in [0.5, 0.6) is 0 Å². The van der Waals surface area contributed by atoms with Crippen molar-refractivity contribution in [2.45, 2.75) is 20.8 Å². The van der Waals surface area contributed by atoms with Crippen molar-refractivity contribution in [1.29, 1.82) is 0 Å². The van der Waals surface area contributed by atoms with E-state index in [1.807, 2.05) is 0 Å². The molecule has 0 atom stereocenters. The van der Waals surface area contributed by atoms with Gasteiger partial charge in [0.2, 0.25) is 0 Å². The zero-order valence-electron chi connectivity index (χ0n) is 11.2. The van der Waals surface area contributed by atoms with Gasteiger partial charge in [-0.1, -0.05) is 18.2 Å². The summed E-state index contributed by atoms with van der Waals surface area (Å²) >= 11 is 3.57. The van der Waals surface area contributed by atoms with E-state index in [9.17, 15) is 0 Å². The summed E-state index contributed by atoms with van der Waals surface area (Å²) < 4.78 is 3.04. The van der Waals surface area contributed by atoms with Crippen LogP contribution in [0.1, 0.15) is 16.7 Å². The Hall–Kier alpha value is -1.61. The highest BCUT2D eigenvalue weighted by atomic mass is 79.9. The second-order valence-electron chi connectivity index (χ2n) is 4.94. The van der Waals surface area contributed by atoms with Crippen molar-refractivity contribution in [3.63, 3.8) is 0 Å². The smallest absolute Gasteiger partial charge is 0.145 e. The fourth-order valence-corrected chi connectivity index (χ4v) is 3.01. The molecule has 0 amide bonds. The van der Waals surface area contributed by atoms with E-state index in [4.69, 9.17) is 0 Å². The lowest BCUT2D eigenvalue weighted by Crippen LogP contribution is -1.91. The van der Waals surface area contributed by atoms with Crippen LogP contribution in [0.2, 0.25) is 0 Å². The van der Waals surface area contributed by atoms with E-state index >= 15 is 0 Å². The van der Waals surface area contributed by atoms with Gasteiger partial charge in [0.15, 0.2) is 0 Å². The predicted molar refractivity (Wildman–Crippen MR) is 82.5 cm³/mol. The topological polar surface area (TPSA) is 17.3 Å². The predicted octanol–water partition coefficient (Wildman–Crippen LogP) is 4.69. The zero-order valence-corrected chi connectivity index (χ0v) is 12.8. The largest absolute Gasteiger partial charge is 0.298 e. The van der Waals surface area contributed by atoms with Crippen LogP contribution < -0.4 is 0 Å². The Morgan fingerprint density at radius 2 is 1.79 bits per heavy atom. The molecule has 1 aromatic carbocycles. The molecule has 0 bridgehead atoms. The summed E-state index contributed by atoms with van der Waals surface area (Å²) in [5.74, 6) is 0.980. The number of pyridine rings is 1. The quantitative estimate of drug-likeness (QED) is 0.637. The van der Waals surface area contributed by atoms with Gasteiger partial charge >= 0.3 is 0 Å². The van der Waals surface area contributed by atoms with Crippen molar-refractivity contribution in [2.24, 2.45) is 0 Å². The Balaban J connectivity index is 2.31. The van der Waals surface area contributed by atoms with Crippen LogP contribution in [0.4, 0.5) is 0 Å². The van der Waals surface area contributed by atoms with Gasteiger partial charge in [0, 0.05) is 11.8 Å². The van der Waals surface area contributed by atoms with E-state index in [-0.39, 0.29) is 0 Å². The first-order valence-electron chi connectivity index (χ1n) is 6.28. The molecule has 19 heavy (non-hydrogen) atoms. The number of fused-ring (bicyclic) bond motifs is 1. The van der Waals surface area contributed by atoms with Crippen LogP contribution in [0, 0.1) is 20.8 Å². The minimum absolute atomic E-state index is 0.902. The van der Waals surface area contributed by atoms with Crippen molar-refractivity contribution in [3.05, 3.63) is 57.8 Å². The van der Waals surface area contributed by atoms with Gasteiger partial charge in [-0.2, -0.15) is 0 Å². The average Bonchev–Trinajstić information content (AvgIpc) is 2.72. The van der Waals surface area contributed by atoms with Crippen LogP contribution >= 0.6 is 15.9 Å². The van der Waals surface area contributed by atoms with Crippen molar-refractivity contribution >= 4 is 21.4 Å². The summed E-state index contributed by atoms with van der Waals surface area (Å²) in [6.07, 6.45) is 2.06. The molecule has 0 aliphatic carbocycles. The standard InChI is InChI=1S/C16H15BrN2/c1-10-6-7-13(9-12(10)3)16-18-15(17)14-11(2)5-4-8-19(14)16/h4-9H,1-3H3. The molecule has 2 nitrogen and oxygen atoms in total. The molecule has 0 fully saturated rings. The van der Waals surface area contributed by atoms with Crippen LogP contribution in [0.3, 0.4) is 0 Å². The third-order valence-corrected chi connectivity index (χ3v) is 4.14. The molecule has 96 valence electrons. The summed E-state index contributed by atoms with van der Waals surface area (Å²) in [6.45, 7) is 6.36. The second kappa shape index (κ2) is 4.49. The van der Waals surface area contributed by atoms with E-state index in [2.05, 4.69) is 82.6 Å². The van der Waals surface area contributed by atoms with E-state index in [0.29, 0.717) is 0 Å². The Morgan fingerprint density at radius 1 is 1.00 bits per heavy atom. The van der Waals surface area contributed by atoms with E-state index in [0.717, 1.165) is 21.5 Å². The fourth-order valence-electron chi connectivity index (χ4n) is 2.34. The number of hydrogen-bond acceptors (Lipinski definition) is 1. The van der Waals surface area contributed by atoms with E-state index in [1.54, 1.807) is 0 Å². The number of imidazole rings is 1. The van der Waals surface area contributed by atoms with Gasteiger partial charge in [-0.3, -0.25) is 4.40 Å². The van der Waals surface area contributed by atoms with Crippen LogP contribution in [0.15, 0.2) is 41.1 Å². The Labute approximate surface area is 121 Å². The van der Waals surface area contributed by atoms with Gasteiger partial charge in [0.1, 0.15) is 10.4 Å². The fraction of sp³-hybridized carbons (Fsp3) is 0.188. The van der Waals surface area contributed by atoms with Gasteiger partial charge < -0.3 is 0 Å². The van der Waals surface area contributed by atoms with E-state index < -0.39 is 0 Å². The molecular weight excluding hydrogens is 300 g/mol. The zero-order chi connectivity index (χ0) is 13.6. The summed E-state index contributed by atoms with van der Waals surface area (Å²) in [6, 6.07) is 10.6. The average molecular weight is 315 g/mol. The van der Waals surface area contributed by atoms with Crippen LogP contribution in [0.25, 0.3) is 16.9 Å². The SMILES string of the molecule is Cc1ccc(-c2nc(Br)c3c(C)cccn23)cc1C. The molecule has 3 aromatic rings. The Morgan fingerprint density at radius 3 is 2.53 bits per heavy atom. The molecule has 0 unspecified atom stereocenters. The van der Waals surface area contributed by atoms with Gasteiger partial charge in [0.05, 0.1) is 5.52 Å². The molecule has 0 aliphatic rings. The van der Waals surface area contributed by atoms with Crippen molar-refractivity contribution in [3.8, 4) is 11.4 Å². The Kier molecular flexibility index (Phi) is 2.94. The molecule has 3 heteroatoms. The van der Waals surface area contributed by atoms with Gasteiger partial charge in [-0.15, -0.1) is 0 Å². The summed E-state index contributed by atoms with van der Waals surface area (Å²) in [4.78, 5) is 4.67. The highest BCUT2D eigenvalue weighted by Crippen LogP contribution is 2.28. The molecule has 0 aliphatic heterocycles. The molecule has 2 heterocycles. The third kappa shape index (κ3) is 1.98. The maximum Gasteiger partial charge on any atom is 0.145 e. The highest BCUT2D eigenvalue weighted by molar-refractivity contribution is 9.10. The number of hydrogen-bond donors (Lipinski definition) is 0. The molecule has 0 saturated carbocycles. The summed E-state index contributed by atoms with van der Waals surface area (Å²) in [5.41, 5.74) is 6.10. The molecular formula is C16H15BrN2. The summed E-state index contributed by atoms with van der Waals surface area (Å²) in [7, 11) is 0. The molecule has 0 saturated heterocycles. The lowest BCUT2D eigenvalue weighted by Gasteiger charge is -2.05. The lowest BCUT2D eigenvalue weighted by atomic mass is 10.1. The molecule has 0 radical (unpaired) electrons. The number of benzene rings is 1. The minimum Gasteiger partial charge on any atom is -0.298 e. The maximum atomic E-state index is 4.67. The monoisotopic (exact) mass is 314 g/mol. The van der Waals surface area contributed by atoms with Crippen LogP contribution in [-0.2, 0) is 0 Å². The first-order valence-corrected chi connectivity index (χ1v) is 7.08.